The number of nitrogens with zero attached hydrogens (tertiary/aromatic N) is 1. The second-order valence-electron chi connectivity index (χ2n) is 7.44. The summed E-state index contributed by atoms with van der Waals surface area (Å²) < 4.78 is 0. The number of aryl methyl sites for hydroxylation is 3. The summed E-state index contributed by atoms with van der Waals surface area (Å²) in [4.78, 5) is 29.4. The van der Waals surface area contributed by atoms with Gasteiger partial charge in [0.15, 0.2) is 0 Å². The molecule has 0 bridgehead atoms. The number of hydrogen-bond acceptors (Lipinski definition) is 4. The summed E-state index contributed by atoms with van der Waals surface area (Å²) in [6, 6.07) is 20.6. The van der Waals surface area contributed by atoms with Gasteiger partial charge in [0.25, 0.3) is 11.8 Å². The lowest BCUT2D eigenvalue weighted by Gasteiger charge is -2.18. The Morgan fingerprint density at radius 3 is 2.26 bits per heavy atom. The lowest BCUT2D eigenvalue weighted by atomic mass is 10.1. The van der Waals surface area contributed by atoms with E-state index in [9.17, 15) is 9.59 Å². The molecule has 4 nitrogen and oxygen atoms in total. The molecule has 31 heavy (non-hydrogen) atoms. The SMILES string of the molecule is Cc1ccc(C)c(N2C(=O)C(Nc3ccccc3C)=C(Sc3ccc(Cl)cc3)C2=O)c1. The number of carbonyl (C=O) groups excluding carboxylic acids is 2. The summed E-state index contributed by atoms with van der Waals surface area (Å²) in [6.45, 7) is 5.80. The number of hydrogen-bond donors (Lipinski definition) is 1. The Morgan fingerprint density at radius 1 is 0.839 bits per heavy atom. The molecule has 0 radical (unpaired) electrons. The van der Waals surface area contributed by atoms with Crippen molar-refractivity contribution in [3.8, 4) is 0 Å². The zero-order chi connectivity index (χ0) is 22.1. The van der Waals surface area contributed by atoms with Gasteiger partial charge in [0.2, 0.25) is 0 Å². The summed E-state index contributed by atoms with van der Waals surface area (Å²) in [5.74, 6) is -0.701. The van der Waals surface area contributed by atoms with Gasteiger partial charge in [-0.05, 0) is 73.9 Å². The minimum atomic E-state index is -0.363. The second-order valence-corrected chi connectivity index (χ2v) is 8.96. The summed E-state index contributed by atoms with van der Waals surface area (Å²) in [6.07, 6.45) is 0. The van der Waals surface area contributed by atoms with Gasteiger partial charge in [-0.25, -0.2) is 4.90 Å². The zero-order valence-electron chi connectivity index (χ0n) is 17.4. The third kappa shape index (κ3) is 4.24. The predicted molar refractivity (Wildman–Crippen MR) is 128 cm³/mol. The van der Waals surface area contributed by atoms with Crippen LogP contribution in [0.15, 0.2) is 82.2 Å². The normalized spacial score (nSPS) is 13.9. The van der Waals surface area contributed by atoms with Crippen molar-refractivity contribution in [2.24, 2.45) is 0 Å². The minimum absolute atomic E-state index is 0.278. The van der Waals surface area contributed by atoms with Crippen LogP contribution in [0.2, 0.25) is 5.02 Å². The van der Waals surface area contributed by atoms with E-state index >= 15 is 0 Å². The third-order valence-corrected chi connectivity index (χ3v) is 6.43. The van der Waals surface area contributed by atoms with Crippen molar-refractivity contribution in [2.75, 3.05) is 10.2 Å². The molecule has 0 saturated carbocycles. The van der Waals surface area contributed by atoms with Crippen LogP contribution in [0.4, 0.5) is 11.4 Å². The van der Waals surface area contributed by atoms with Crippen LogP contribution in [0.25, 0.3) is 0 Å². The number of amides is 2. The standard InChI is InChI=1S/C25H21ClN2O2S/c1-15-8-9-17(3)21(14-15)28-24(29)22(27-20-7-5-4-6-16(20)2)23(25(28)30)31-19-12-10-18(26)11-13-19/h4-14,27H,1-3H3. The van der Waals surface area contributed by atoms with Gasteiger partial charge in [0, 0.05) is 15.6 Å². The van der Waals surface area contributed by atoms with E-state index in [1.165, 1.54) is 16.7 Å². The minimum Gasteiger partial charge on any atom is -0.350 e. The largest absolute Gasteiger partial charge is 0.350 e. The molecule has 1 aliphatic heterocycles. The molecule has 0 aliphatic carbocycles. The summed E-state index contributed by atoms with van der Waals surface area (Å²) in [5.41, 5.74) is 4.49. The molecule has 1 aliphatic rings. The first-order valence-electron chi connectivity index (χ1n) is 9.81. The number of thioether (sulfide) groups is 1. The third-order valence-electron chi connectivity index (χ3n) is 5.09. The van der Waals surface area contributed by atoms with Gasteiger partial charge < -0.3 is 5.32 Å². The van der Waals surface area contributed by atoms with E-state index in [0.717, 1.165) is 27.3 Å². The average molecular weight is 449 g/mol. The van der Waals surface area contributed by atoms with Crippen molar-refractivity contribution in [1.82, 2.24) is 0 Å². The molecule has 1 heterocycles. The number of halogens is 1. The van der Waals surface area contributed by atoms with E-state index in [1.54, 1.807) is 12.1 Å². The summed E-state index contributed by atoms with van der Waals surface area (Å²) in [5, 5.41) is 3.84. The lowest BCUT2D eigenvalue weighted by molar-refractivity contribution is -0.120. The number of para-hydroxylation sites is 1. The quantitative estimate of drug-likeness (QED) is 0.468. The van der Waals surface area contributed by atoms with Crippen molar-refractivity contribution in [3.05, 3.63) is 99.0 Å². The molecular formula is C25H21ClN2O2S. The number of carbonyl (C=O) groups is 2. The number of imide groups is 1. The van der Waals surface area contributed by atoms with Crippen LogP contribution in [-0.4, -0.2) is 11.8 Å². The molecule has 2 amide bonds. The smallest absolute Gasteiger partial charge is 0.283 e. The first-order chi connectivity index (χ1) is 14.8. The molecule has 0 spiro atoms. The molecule has 1 N–H and O–H groups in total. The fraction of sp³-hybridized carbons (Fsp3) is 0.120. The summed E-state index contributed by atoms with van der Waals surface area (Å²) >= 11 is 7.27. The van der Waals surface area contributed by atoms with E-state index in [4.69, 9.17) is 11.6 Å². The maximum Gasteiger partial charge on any atom is 0.283 e. The second kappa shape index (κ2) is 8.61. The van der Waals surface area contributed by atoms with Crippen LogP contribution in [0.5, 0.6) is 0 Å². The Balaban J connectivity index is 1.79. The highest BCUT2D eigenvalue weighted by Crippen LogP contribution is 2.39. The van der Waals surface area contributed by atoms with Crippen LogP contribution in [0.3, 0.4) is 0 Å². The number of benzene rings is 3. The molecule has 6 heteroatoms. The van der Waals surface area contributed by atoms with Gasteiger partial charge in [-0.15, -0.1) is 0 Å². The maximum atomic E-state index is 13.5. The van der Waals surface area contributed by atoms with Gasteiger partial charge in [-0.3, -0.25) is 9.59 Å². The van der Waals surface area contributed by atoms with Crippen LogP contribution < -0.4 is 10.2 Å². The first kappa shape index (κ1) is 21.2. The van der Waals surface area contributed by atoms with E-state index in [2.05, 4.69) is 5.32 Å². The lowest BCUT2D eigenvalue weighted by Crippen LogP contribution is -2.33. The van der Waals surface area contributed by atoms with Gasteiger partial charge in [-0.1, -0.05) is 53.7 Å². The van der Waals surface area contributed by atoms with E-state index in [-0.39, 0.29) is 17.5 Å². The van der Waals surface area contributed by atoms with Crippen LogP contribution in [0.1, 0.15) is 16.7 Å². The van der Waals surface area contributed by atoms with Crippen molar-refractivity contribution in [1.29, 1.82) is 0 Å². The van der Waals surface area contributed by atoms with Crippen molar-refractivity contribution in [2.45, 2.75) is 25.7 Å². The van der Waals surface area contributed by atoms with Gasteiger partial charge in [0.1, 0.15) is 10.6 Å². The van der Waals surface area contributed by atoms with E-state index < -0.39 is 0 Å². The molecular weight excluding hydrogens is 428 g/mol. The zero-order valence-corrected chi connectivity index (χ0v) is 19.0. The average Bonchev–Trinajstić information content (AvgIpc) is 2.97. The van der Waals surface area contributed by atoms with Crippen molar-refractivity contribution >= 4 is 46.6 Å². The van der Waals surface area contributed by atoms with E-state index in [1.807, 2.05) is 75.4 Å². The number of anilines is 2. The number of rotatable bonds is 5. The Kier molecular flexibility index (Phi) is 5.90. The van der Waals surface area contributed by atoms with E-state index in [0.29, 0.717) is 15.6 Å². The van der Waals surface area contributed by atoms with Crippen LogP contribution in [-0.2, 0) is 9.59 Å². The molecule has 0 fully saturated rings. The van der Waals surface area contributed by atoms with Crippen LogP contribution >= 0.6 is 23.4 Å². The molecule has 0 unspecified atom stereocenters. The monoisotopic (exact) mass is 448 g/mol. The molecule has 4 rings (SSSR count). The molecule has 3 aromatic rings. The maximum absolute atomic E-state index is 13.5. The molecule has 0 aromatic heterocycles. The Bertz CT molecular complexity index is 1220. The molecule has 0 atom stereocenters. The highest BCUT2D eigenvalue weighted by Gasteiger charge is 2.41. The molecule has 0 saturated heterocycles. The molecule has 3 aromatic carbocycles. The van der Waals surface area contributed by atoms with Gasteiger partial charge in [-0.2, -0.15) is 0 Å². The Morgan fingerprint density at radius 2 is 1.55 bits per heavy atom. The van der Waals surface area contributed by atoms with Gasteiger partial charge in [0.05, 0.1) is 5.69 Å². The van der Waals surface area contributed by atoms with Crippen molar-refractivity contribution in [3.63, 3.8) is 0 Å². The Hall–Kier alpha value is -3.02. The fourth-order valence-electron chi connectivity index (χ4n) is 3.36. The topological polar surface area (TPSA) is 49.4 Å². The highest BCUT2D eigenvalue weighted by atomic mass is 35.5. The predicted octanol–water partition coefficient (Wildman–Crippen LogP) is 6.25. The Labute approximate surface area is 190 Å². The molecule has 156 valence electrons. The van der Waals surface area contributed by atoms with Gasteiger partial charge >= 0.3 is 0 Å². The summed E-state index contributed by atoms with van der Waals surface area (Å²) in [7, 11) is 0. The first-order valence-corrected chi connectivity index (χ1v) is 11.0. The van der Waals surface area contributed by atoms with Crippen LogP contribution in [0, 0.1) is 20.8 Å². The number of nitrogens with one attached hydrogen (secondary N) is 1. The highest BCUT2D eigenvalue weighted by molar-refractivity contribution is 8.04. The fourth-order valence-corrected chi connectivity index (χ4v) is 4.41. The van der Waals surface area contributed by atoms with Crippen molar-refractivity contribution < 1.29 is 9.59 Å².